The summed E-state index contributed by atoms with van der Waals surface area (Å²) in [6.07, 6.45) is 0.0935. The van der Waals surface area contributed by atoms with E-state index in [0.717, 1.165) is 22.3 Å². The monoisotopic (exact) mass is 561 g/mol. The number of fused-ring (bicyclic) bond motifs is 2. The lowest BCUT2D eigenvalue weighted by Gasteiger charge is -2.36. The van der Waals surface area contributed by atoms with Gasteiger partial charge in [-0.25, -0.2) is 4.98 Å². The molecule has 3 aromatic heterocycles. The molecule has 1 fully saturated rings. The van der Waals surface area contributed by atoms with Gasteiger partial charge in [-0.1, -0.05) is 18.2 Å². The summed E-state index contributed by atoms with van der Waals surface area (Å²) in [5.74, 6) is 0.146. The molecule has 0 saturated carbocycles. The number of alkyl halides is 3. The maximum atomic E-state index is 13.2. The molecule has 41 heavy (non-hydrogen) atoms. The zero-order valence-electron chi connectivity index (χ0n) is 22.1. The average Bonchev–Trinajstić information content (AvgIpc) is 3.33. The zero-order chi connectivity index (χ0) is 28.6. The minimum Gasteiger partial charge on any atom is -0.406 e. The first-order valence-electron chi connectivity index (χ1n) is 13.1. The highest BCUT2D eigenvalue weighted by molar-refractivity contribution is 5.92. The van der Waals surface area contributed by atoms with Gasteiger partial charge in [0.1, 0.15) is 17.3 Å². The van der Waals surface area contributed by atoms with Crippen molar-refractivity contribution in [2.75, 3.05) is 42.9 Å². The first kappa shape index (κ1) is 26.4. The molecule has 1 aliphatic rings. The molecule has 1 saturated heterocycles. The highest BCUT2D eigenvalue weighted by atomic mass is 19.4. The molecule has 12 heteroatoms. The van der Waals surface area contributed by atoms with E-state index < -0.39 is 6.36 Å². The van der Waals surface area contributed by atoms with Crippen molar-refractivity contribution in [1.29, 1.82) is 0 Å². The maximum Gasteiger partial charge on any atom is 0.573 e. The Kier molecular flexibility index (Phi) is 6.82. The maximum absolute atomic E-state index is 13.2. The van der Waals surface area contributed by atoms with Crippen molar-refractivity contribution >= 4 is 34.0 Å². The van der Waals surface area contributed by atoms with Crippen LogP contribution < -0.4 is 15.0 Å². The number of imidazole rings is 1. The third-order valence-electron chi connectivity index (χ3n) is 6.99. The number of amides is 1. The molecule has 6 rings (SSSR count). The van der Waals surface area contributed by atoms with Gasteiger partial charge in [-0.2, -0.15) is 0 Å². The Morgan fingerprint density at radius 1 is 1.02 bits per heavy atom. The van der Waals surface area contributed by atoms with Gasteiger partial charge in [-0.05, 0) is 43.3 Å². The van der Waals surface area contributed by atoms with E-state index >= 15 is 0 Å². The number of pyridine rings is 1. The number of hydrogen-bond acceptors (Lipinski definition) is 7. The Hall–Kier alpha value is -4.87. The Morgan fingerprint density at radius 2 is 1.78 bits per heavy atom. The summed E-state index contributed by atoms with van der Waals surface area (Å²) >= 11 is 0. The van der Waals surface area contributed by atoms with Crippen LogP contribution in [0.1, 0.15) is 5.69 Å². The van der Waals surface area contributed by atoms with Crippen molar-refractivity contribution in [1.82, 2.24) is 24.3 Å². The molecule has 1 aliphatic heterocycles. The molecule has 1 amide bonds. The number of nitrogens with zero attached hydrogens (tertiary/aromatic N) is 6. The van der Waals surface area contributed by atoms with E-state index in [1.807, 2.05) is 30.0 Å². The highest BCUT2D eigenvalue weighted by Crippen LogP contribution is 2.32. The minimum absolute atomic E-state index is 0.0235. The predicted octanol–water partition coefficient (Wildman–Crippen LogP) is 4.91. The fourth-order valence-electron chi connectivity index (χ4n) is 5.11. The number of benzene rings is 2. The van der Waals surface area contributed by atoms with Crippen molar-refractivity contribution in [3.63, 3.8) is 0 Å². The van der Waals surface area contributed by atoms with E-state index in [2.05, 4.69) is 42.0 Å². The lowest BCUT2D eigenvalue weighted by Crippen LogP contribution is -2.50. The fraction of sp³-hybridized carbons (Fsp3) is 0.241. The second kappa shape index (κ2) is 10.6. The summed E-state index contributed by atoms with van der Waals surface area (Å²) in [5, 5.41) is 4.30. The van der Waals surface area contributed by atoms with Gasteiger partial charge < -0.3 is 19.9 Å². The molecule has 0 radical (unpaired) electrons. The summed E-state index contributed by atoms with van der Waals surface area (Å²) < 4.78 is 43.5. The number of ether oxygens (including phenoxy) is 1. The third kappa shape index (κ3) is 5.58. The second-order valence-electron chi connectivity index (χ2n) is 9.71. The standard InChI is InChI=1S/C29H26F3N7O2/c1-19-16-24(22-4-2-3-5-23(22)35-19)37-12-14-38(15-13-37)26(40)18-34-28-27(36-25-17-33-10-11-39(25)28)20-6-8-21(9-7-20)41-29(30,31)32/h2-11,16-17,34H,12-15,18H2,1H3. The lowest BCUT2D eigenvalue weighted by atomic mass is 10.1. The second-order valence-corrected chi connectivity index (χ2v) is 9.71. The third-order valence-corrected chi connectivity index (χ3v) is 6.99. The Balaban J connectivity index is 1.16. The van der Waals surface area contributed by atoms with E-state index in [4.69, 9.17) is 0 Å². The molecule has 4 heterocycles. The molecule has 0 unspecified atom stereocenters. The SMILES string of the molecule is Cc1cc(N2CCN(C(=O)CNc3c(-c4ccc(OC(F)(F)F)cc4)nc4cnccn34)CC2)c2ccccc2n1. The van der Waals surface area contributed by atoms with E-state index in [-0.39, 0.29) is 18.2 Å². The molecule has 5 aromatic rings. The van der Waals surface area contributed by atoms with Crippen molar-refractivity contribution in [3.05, 3.63) is 78.9 Å². The summed E-state index contributed by atoms with van der Waals surface area (Å²) in [7, 11) is 0. The van der Waals surface area contributed by atoms with E-state index in [0.29, 0.717) is 48.9 Å². The summed E-state index contributed by atoms with van der Waals surface area (Å²) in [6.45, 7) is 4.53. The van der Waals surface area contributed by atoms with Crippen LogP contribution in [0.15, 0.2) is 73.2 Å². The number of para-hydroxylation sites is 1. The smallest absolute Gasteiger partial charge is 0.406 e. The van der Waals surface area contributed by atoms with Gasteiger partial charge >= 0.3 is 6.36 Å². The quantitative estimate of drug-likeness (QED) is 0.315. The van der Waals surface area contributed by atoms with Gasteiger partial charge in [0.05, 0.1) is 18.3 Å². The van der Waals surface area contributed by atoms with Crippen LogP contribution in [-0.4, -0.2) is 69.2 Å². The fourth-order valence-corrected chi connectivity index (χ4v) is 5.11. The Morgan fingerprint density at radius 3 is 2.54 bits per heavy atom. The zero-order valence-corrected chi connectivity index (χ0v) is 22.1. The molecule has 210 valence electrons. The van der Waals surface area contributed by atoms with Crippen molar-refractivity contribution in [2.24, 2.45) is 0 Å². The first-order chi connectivity index (χ1) is 19.7. The number of aryl methyl sites for hydroxylation is 1. The Bertz CT molecular complexity index is 1710. The summed E-state index contributed by atoms with van der Waals surface area (Å²) in [5.41, 5.74) is 4.59. The minimum atomic E-state index is -4.78. The van der Waals surface area contributed by atoms with Crippen molar-refractivity contribution < 1.29 is 22.7 Å². The number of halogens is 3. The number of aromatic nitrogens is 4. The highest BCUT2D eigenvalue weighted by Gasteiger charge is 2.31. The molecule has 0 aliphatic carbocycles. The molecule has 2 aromatic carbocycles. The normalized spacial score (nSPS) is 14.0. The molecular formula is C29H26F3N7O2. The number of carbonyl (C=O) groups excluding carboxylic acids is 1. The summed E-state index contributed by atoms with van der Waals surface area (Å²) in [6, 6.07) is 15.6. The molecule has 1 N–H and O–H groups in total. The van der Waals surface area contributed by atoms with Crippen LogP contribution in [0.2, 0.25) is 0 Å². The molecule has 9 nitrogen and oxygen atoms in total. The van der Waals surface area contributed by atoms with Gasteiger partial charge in [0.2, 0.25) is 5.91 Å². The number of rotatable bonds is 6. The number of piperazine rings is 1. The van der Waals surface area contributed by atoms with Crippen molar-refractivity contribution in [2.45, 2.75) is 13.3 Å². The Labute approximate surface area is 233 Å². The van der Waals surface area contributed by atoms with Crippen LogP contribution in [0, 0.1) is 6.92 Å². The molecular weight excluding hydrogens is 535 g/mol. The van der Waals surface area contributed by atoms with Gasteiger partial charge in [-0.3, -0.25) is 19.2 Å². The van der Waals surface area contributed by atoms with Crippen LogP contribution in [0.4, 0.5) is 24.7 Å². The van der Waals surface area contributed by atoms with Crippen LogP contribution in [0.3, 0.4) is 0 Å². The van der Waals surface area contributed by atoms with E-state index in [9.17, 15) is 18.0 Å². The first-order valence-corrected chi connectivity index (χ1v) is 13.1. The molecule has 0 bridgehead atoms. The molecule has 0 atom stereocenters. The number of nitrogens with one attached hydrogen (secondary N) is 1. The van der Waals surface area contributed by atoms with Gasteiger partial charge in [0.15, 0.2) is 5.65 Å². The molecule has 0 spiro atoms. The lowest BCUT2D eigenvalue weighted by molar-refractivity contribution is -0.274. The van der Waals surface area contributed by atoms with Gasteiger partial charge in [0.25, 0.3) is 0 Å². The summed E-state index contributed by atoms with van der Waals surface area (Å²) in [4.78, 5) is 30.7. The van der Waals surface area contributed by atoms with Gasteiger partial charge in [-0.15, -0.1) is 13.2 Å². The van der Waals surface area contributed by atoms with Crippen LogP contribution in [0.25, 0.3) is 27.8 Å². The predicted molar refractivity (Wildman–Crippen MR) is 149 cm³/mol. The van der Waals surface area contributed by atoms with E-state index in [1.165, 1.54) is 24.3 Å². The topological polar surface area (TPSA) is 87.9 Å². The van der Waals surface area contributed by atoms with Crippen LogP contribution >= 0.6 is 0 Å². The van der Waals surface area contributed by atoms with E-state index in [1.54, 1.807) is 23.0 Å². The number of hydrogen-bond donors (Lipinski definition) is 1. The number of anilines is 2. The average molecular weight is 562 g/mol. The van der Waals surface area contributed by atoms with Crippen LogP contribution in [-0.2, 0) is 4.79 Å². The number of carbonyl (C=O) groups is 1. The van der Waals surface area contributed by atoms with Gasteiger partial charge in [0, 0.05) is 60.9 Å². The van der Waals surface area contributed by atoms with Crippen molar-refractivity contribution in [3.8, 4) is 17.0 Å². The largest absolute Gasteiger partial charge is 0.573 e. The van der Waals surface area contributed by atoms with Crippen LogP contribution in [0.5, 0.6) is 5.75 Å².